The van der Waals surface area contributed by atoms with Crippen molar-refractivity contribution < 1.29 is 23.9 Å². The van der Waals surface area contributed by atoms with Crippen LogP contribution in [0.25, 0.3) is 0 Å². The molecule has 0 amide bonds. The van der Waals surface area contributed by atoms with Crippen LogP contribution in [-0.4, -0.2) is 30.9 Å². The van der Waals surface area contributed by atoms with Crippen LogP contribution in [0.4, 0.5) is 0 Å². The third kappa shape index (κ3) is 3.40. The molecule has 1 unspecified atom stereocenters. The van der Waals surface area contributed by atoms with Gasteiger partial charge in [-0.3, -0.25) is 14.4 Å². The van der Waals surface area contributed by atoms with E-state index in [4.69, 9.17) is 9.47 Å². The number of carbonyl (C=O) groups is 3. The standard InChI is InChI=1S/C19H22O5/c1-4-13(16(18(21)23-5-2)19(22)24-6-3)15-11-12-9-7-8-10-14(12)17(15)20/h4,7-10,15-16H,5-6,11H2,1-3H3/b13-4+. The number of benzene rings is 1. The molecule has 1 atom stereocenters. The van der Waals surface area contributed by atoms with Gasteiger partial charge in [0.2, 0.25) is 0 Å². The predicted octanol–water partition coefficient (Wildman–Crippen LogP) is 2.73. The lowest BCUT2D eigenvalue weighted by Crippen LogP contribution is -2.33. The molecule has 128 valence electrons. The topological polar surface area (TPSA) is 69.7 Å². The lowest BCUT2D eigenvalue weighted by molar-refractivity contribution is -0.159. The molecule has 0 N–H and O–H groups in total. The van der Waals surface area contributed by atoms with Gasteiger partial charge in [0.1, 0.15) is 0 Å². The number of fused-ring (bicyclic) bond motifs is 1. The van der Waals surface area contributed by atoms with Crippen LogP contribution in [0.1, 0.15) is 36.7 Å². The minimum Gasteiger partial charge on any atom is -0.465 e. The normalized spacial score (nSPS) is 16.9. The van der Waals surface area contributed by atoms with Crippen LogP contribution < -0.4 is 0 Å². The Balaban J connectivity index is 2.36. The first-order chi connectivity index (χ1) is 11.5. The molecular weight excluding hydrogens is 308 g/mol. The summed E-state index contributed by atoms with van der Waals surface area (Å²) in [5, 5.41) is 0. The highest BCUT2D eigenvalue weighted by molar-refractivity contribution is 6.06. The van der Waals surface area contributed by atoms with E-state index < -0.39 is 23.8 Å². The van der Waals surface area contributed by atoms with Crippen molar-refractivity contribution in [3.63, 3.8) is 0 Å². The van der Waals surface area contributed by atoms with E-state index in [1.54, 1.807) is 32.9 Å². The van der Waals surface area contributed by atoms with Crippen LogP contribution in [0.15, 0.2) is 35.9 Å². The number of carbonyl (C=O) groups excluding carboxylic acids is 3. The first kappa shape index (κ1) is 17.9. The lowest BCUT2D eigenvalue weighted by atomic mass is 9.85. The van der Waals surface area contributed by atoms with Gasteiger partial charge in [-0.05, 0) is 38.3 Å². The van der Waals surface area contributed by atoms with Crippen molar-refractivity contribution in [2.24, 2.45) is 11.8 Å². The Morgan fingerprint density at radius 2 is 1.75 bits per heavy atom. The number of rotatable bonds is 6. The number of ether oxygens (including phenoxy) is 2. The average molecular weight is 330 g/mol. The van der Waals surface area contributed by atoms with E-state index in [1.807, 2.05) is 18.2 Å². The quantitative estimate of drug-likeness (QED) is 0.456. The van der Waals surface area contributed by atoms with Gasteiger partial charge in [-0.2, -0.15) is 0 Å². The highest BCUT2D eigenvalue weighted by Gasteiger charge is 2.42. The van der Waals surface area contributed by atoms with E-state index in [1.165, 1.54) is 0 Å². The number of hydrogen-bond donors (Lipinski definition) is 0. The second-order valence-electron chi connectivity index (χ2n) is 5.50. The summed E-state index contributed by atoms with van der Waals surface area (Å²) in [5.41, 5.74) is 2.03. The molecule has 1 aliphatic carbocycles. The molecule has 0 spiro atoms. The van der Waals surface area contributed by atoms with Crippen molar-refractivity contribution in [1.29, 1.82) is 0 Å². The minimum absolute atomic E-state index is 0.0719. The van der Waals surface area contributed by atoms with E-state index in [-0.39, 0.29) is 19.0 Å². The summed E-state index contributed by atoms with van der Waals surface area (Å²) in [6.45, 7) is 5.38. The summed E-state index contributed by atoms with van der Waals surface area (Å²) in [6, 6.07) is 7.35. The molecule has 0 aliphatic heterocycles. The Hall–Kier alpha value is -2.43. The molecule has 0 heterocycles. The number of allylic oxidation sites excluding steroid dienone is 1. The predicted molar refractivity (Wildman–Crippen MR) is 88.5 cm³/mol. The second kappa shape index (κ2) is 7.90. The van der Waals surface area contributed by atoms with E-state index in [0.29, 0.717) is 17.6 Å². The van der Waals surface area contributed by atoms with E-state index >= 15 is 0 Å². The second-order valence-corrected chi connectivity index (χ2v) is 5.50. The smallest absolute Gasteiger partial charge is 0.324 e. The van der Waals surface area contributed by atoms with Crippen molar-refractivity contribution in [2.45, 2.75) is 27.2 Å². The third-order valence-corrected chi connectivity index (χ3v) is 4.14. The lowest BCUT2D eigenvalue weighted by Gasteiger charge is -2.21. The fourth-order valence-electron chi connectivity index (χ4n) is 3.10. The highest BCUT2D eigenvalue weighted by Crippen LogP contribution is 2.35. The zero-order chi connectivity index (χ0) is 17.7. The molecule has 1 aromatic rings. The fourth-order valence-corrected chi connectivity index (χ4v) is 3.10. The van der Waals surface area contributed by atoms with Crippen LogP contribution >= 0.6 is 0 Å². The molecule has 0 saturated carbocycles. The van der Waals surface area contributed by atoms with Crippen molar-refractivity contribution in [3.8, 4) is 0 Å². The number of esters is 2. The molecule has 2 rings (SSSR count). The van der Waals surface area contributed by atoms with Gasteiger partial charge in [-0.25, -0.2) is 0 Å². The summed E-state index contributed by atoms with van der Waals surface area (Å²) in [5.74, 6) is -3.15. The molecular formula is C19H22O5. The maximum Gasteiger partial charge on any atom is 0.324 e. The molecule has 24 heavy (non-hydrogen) atoms. The van der Waals surface area contributed by atoms with Gasteiger partial charge in [0.25, 0.3) is 0 Å². The Morgan fingerprint density at radius 3 is 2.25 bits per heavy atom. The SMILES string of the molecule is C/C=C(\C1Cc2ccccc2C1=O)C(C(=O)OCC)C(=O)OCC. The fraction of sp³-hybridized carbons (Fsp3) is 0.421. The number of ketones is 1. The Morgan fingerprint density at radius 1 is 1.17 bits per heavy atom. The Kier molecular flexibility index (Phi) is 5.90. The van der Waals surface area contributed by atoms with Gasteiger partial charge in [0.05, 0.1) is 13.2 Å². The van der Waals surface area contributed by atoms with Crippen LogP contribution in [-0.2, 0) is 25.5 Å². The average Bonchev–Trinajstić information content (AvgIpc) is 2.90. The van der Waals surface area contributed by atoms with Gasteiger partial charge in [-0.1, -0.05) is 30.3 Å². The summed E-state index contributed by atoms with van der Waals surface area (Å²) >= 11 is 0. The van der Waals surface area contributed by atoms with Gasteiger partial charge in [0, 0.05) is 11.5 Å². The molecule has 0 aromatic heterocycles. The zero-order valence-electron chi connectivity index (χ0n) is 14.2. The Labute approximate surface area is 141 Å². The largest absolute Gasteiger partial charge is 0.465 e. The molecule has 1 aromatic carbocycles. The summed E-state index contributed by atoms with van der Waals surface area (Å²) in [6.07, 6.45) is 2.14. The summed E-state index contributed by atoms with van der Waals surface area (Å²) in [7, 11) is 0. The molecule has 5 heteroatoms. The van der Waals surface area contributed by atoms with Crippen LogP contribution in [0.3, 0.4) is 0 Å². The molecule has 1 aliphatic rings. The maximum atomic E-state index is 12.7. The number of Topliss-reactive ketones (excluding diaryl/α,β-unsaturated/α-hetero) is 1. The van der Waals surface area contributed by atoms with Gasteiger partial charge < -0.3 is 9.47 Å². The van der Waals surface area contributed by atoms with E-state index in [2.05, 4.69) is 0 Å². The third-order valence-electron chi connectivity index (χ3n) is 4.14. The minimum atomic E-state index is -1.20. The van der Waals surface area contributed by atoms with Crippen molar-refractivity contribution >= 4 is 17.7 Å². The first-order valence-electron chi connectivity index (χ1n) is 8.16. The maximum absolute atomic E-state index is 12.7. The first-order valence-corrected chi connectivity index (χ1v) is 8.16. The molecule has 0 radical (unpaired) electrons. The highest BCUT2D eigenvalue weighted by atomic mass is 16.6. The molecule has 0 saturated heterocycles. The van der Waals surface area contributed by atoms with Gasteiger partial charge in [0.15, 0.2) is 11.7 Å². The van der Waals surface area contributed by atoms with Crippen LogP contribution in [0.2, 0.25) is 0 Å². The molecule has 0 bridgehead atoms. The van der Waals surface area contributed by atoms with Gasteiger partial charge >= 0.3 is 11.9 Å². The summed E-state index contributed by atoms with van der Waals surface area (Å²) in [4.78, 5) is 37.4. The zero-order valence-corrected chi connectivity index (χ0v) is 14.2. The number of hydrogen-bond acceptors (Lipinski definition) is 5. The van der Waals surface area contributed by atoms with Crippen molar-refractivity contribution in [2.75, 3.05) is 13.2 Å². The van der Waals surface area contributed by atoms with E-state index in [0.717, 1.165) is 5.56 Å². The van der Waals surface area contributed by atoms with Crippen LogP contribution in [0.5, 0.6) is 0 Å². The monoisotopic (exact) mass is 330 g/mol. The molecule has 5 nitrogen and oxygen atoms in total. The van der Waals surface area contributed by atoms with Gasteiger partial charge in [-0.15, -0.1) is 0 Å². The molecule has 0 fully saturated rings. The van der Waals surface area contributed by atoms with Crippen molar-refractivity contribution in [3.05, 3.63) is 47.0 Å². The summed E-state index contributed by atoms with van der Waals surface area (Å²) < 4.78 is 10.1. The Bertz CT molecular complexity index is 656. The van der Waals surface area contributed by atoms with Crippen molar-refractivity contribution in [1.82, 2.24) is 0 Å². The van der Waals surface area contributed by atoms with Crippen LogP contribution in [0, 0.1) is 11.8 Å². The van der Waals surface area contributed by atoms with E-state index in [9.17, 15) is 14.4 Å².